The van der Waals surface area contributed by atoms with Crippen molar-refractivity contribution in [3.05, 3.63) is 59.2 Å². The van der Waals surface area contributed by atoms with Crippen LogP contribution in [0.3, 0.4) is 0 Å². The molecule has 0 bridgehead atoms. The second-order valence-corrected chi connectivity index (χ2v) is 12.5. The zero-order valence-corrected chi connectivity index (χ0v) is 30.7. The molecule has 4 nitrogen and oxygen atoms in total. The van der Waals surface area contributed by atoms with Gasteiger partial charge in [0.25, 0.3) is 0 Å². The van der Waals surface area contributed by atoms with Crippen molar-refractivity contribution in [2.75, 3.05) is 28.5 Å². The van der Waals surface area contributed by atoms with E-state index in [1.165, 1.54) is 23.1 Å². The van der Waals surface area contributed by atoms with E-state index < -0.39 is 47.6 Å². The number of aromatic nitrogens is 1. The monoisotopic (exact) mass is 909 g/mol. The summed E-state index contributed by atoms with van der Waals surface area (Å²) in [6.45, 7) is 0. The van der Waals surface area contributed by atoms with Crippen molar-refractivity contribution in [2.24, 2.45) is 5.73 Å². The Kier molecular flexibility index (Phi) is 51.9. The molecule has 1 aromatic rings. The Bertz CT molecular complexity index is 1130. The van der Waals surface area contributed by atoms with E-state index in [0.717, 1.165) is 27.9 Å². The third-order valence-electron chi connectivity index (χ3n) is 3.21. The normalized spacial score (nSPS) is 8.69. The smallest absolute Gasteiger partial charge is 0.301 e. The lowest BCUT2D eigenvalue weighted by Gasteiger charge is -1.95. The molecular weight excluding hydrogens is 882 g/mol. The molecule has 0 spiro atoms. The lowest BCUT2D eigenvalue weighted by molar-refractivity contribution is -0.105. The fraction of sp³-hybridized carbons (Fsp3) is 0.417. The molecule has 0 radical (unpaired) electrons. The maximum Gasteiger partial charge on any atom is 0.301 e. The molecule has 0 saturated carbocycles. The first-order valence-electron chi connectivity index (χ1n) is 11.3. The largest absolute Gasteiger partial charge is 0.385 e. The molecule has 1 heterocycles. The summed E-state index contributed by atoms with van der Waals surface area (Å²) in [5.74, 6) is -4.86. The summed E-state index contributed by atoms with van der Waals surface area (Å²) in [6.07, 6.45) is -7.92. The van der Waals surface area contributed by atoms with Crippen LogP contribution < -0.4 is 5.73 Å². The van der Waals surface area contributed by atoms with Gasteiger partial charge in [-0.25, -0.2) is 22.5 Å². The van der Waals surface area contributed by atoms with Gasteiger partial charge in [0.2, 0.25) is 0 Å². The second kappa shape index (κ2) is 42.1. The molecule has 0 aliphatic heterocycles. The van der Waals surface area contributed by atoms with Gasteiger partial charge in [0, 0.05) is 59.8 Å². The zero-order chi connectivity index (χ0) is 36.5. The number of allylic oxidation sites excluding steroid dienone is 4. The van der Waals surface area contributed by atoms with Gasteiger partial charge in [-0.3, -0.25) is 0 Å². The summed E-state index contributed by atoms with van der Waals surface area (Å²) >= 11 is 16.5. The number of aldehydes is 1. The van der Waals surface area contributed by atoms with E-state index in [-0.39, 0.29) is 79.4 Å². The molecule has 0 amide bonds. The molecule has 1 aromatic heterocycles. The standard InChI is InChI=1S/C7H6F3NS2.C5H6F3NS2.C5H4F3NS.C4H4BrF3.C2H3ClO.CH4.H2S/c8-5(6(9)10)1-3-12-7-11-2-4-13-7;6-3(4(7)8)1-2-11-5(9)10;6-4(5(7)8)1-2-10-3-9;5-2-1-3(6)4(7)8;3-1-2-4;;/h2,4H,1,3H2;1-2H2,(H2,9,10);1-2H2;1-2H2;2H,1H2;1H4;1H2. The number of hydrogen-bond acceptors (Lipinski definition) is 8. The minimum Gasteiger partial charge on any atom is -0.385 e. The highest BCUT2D eigenvalue weighted by atomic mass is 79.9. The molecule has 0 atom stereocenters. The van der Waals surface area contributed by atoms with Gasteiger partial charge in [-0.15, -0.1) is 22.9 Å². The number of halogens is 14. The van der Waals surface area contributed by atoms with Crippen LogP contribution in [0.15, 0.2) is 63.5 Å². The Balaban J connectivity index is -0.000000118. The minimum absolute atomic E-state index is 0. The van der Waals surface area contributed by atoms with Crippen molar-refractivity contribution in [2.45, 2.75) is 37.4 Å². The lowest BCUT2D eigenvalue weighted by atomic mass is 10.4. The molecule has 48 heavy (non-hydrogen) atoms. The van der Waals surface area contributed by atoms with Crippen molar-refractivity contribution in [3.8, 4) is 5.40 Å². The summed E-state index contributed by atoms with van der Waals surface area (Å²) in [5, 5.41) is 11.6. The number of thioether (sulfide) groups is 3. The van der Waals surface area contributed by atoms with Crippen LogP contribution in [0.5, 0.6) is 0 Å². The van der Waals surface area contributed by atoms with Crippen LogP contribution in [0.4, 0.5) is 52.7 Å². The number of alkyl halides is 2. The number of hydrogen-bond donors (Lipinski definition) is 1. The molecule has 1 rings (SSSR count). The molecule has 0 aromatic carbocycles. The third kappa shape index (κ3) is 47.1. The van der Waals surface area contributed by atoms with Crippen molar-refractivity contribution in [1.82, 2.24) is 4.98 Å². The van der Waals surface area contributed by atoms with Crippen LogP contribution in [-0.4, -0.2) is 44.1 Å². The number of thiocyanates is 1. The van der Waals surface area contributed by atoms with E-state index in [2.05, 4.69) is 33.1 Å². The second-order valence-electron chi connectivity index (χ2n) is 6.42. The Labute approximate surface area is 312 Å². The number of thiocarbonyl (C=S) groups is 1. The van der Waals surface area contributed by atoms with E-state index in [0.29, 0.717) is 6.29 Å². The molecule has 0 unspecified atom stereocenters. The van der Waals surface area contributed by atoms with Crippen molar-refractivity contribution >= 4 is 110 Å². The number of thiazole rings is 1. The topological polar surface area (TPSA) is 79.8 Å². The average Bonchev–Trinajstić information content (AvgIpc) is 3.51. The van der Waals surface area contributed by atoms with Crippen LogP contribution in [0.2, 0.25) is 0 Å². The molecule has 280 valence electrons. The van der Waals surface area contributed by atoms with Gasteiger partial charge in [-0.2, -0.15) is 53.9 Å². The Morgan fingerprint density at radius 3 is 1.56 bits per heavy atom. The van der Waals surface area contributed by atoms with E-state index in [9.17, 15) is 52.7 Å². The van der Waals surface area contributed by atoms with Crippen LogP contribution in [0.1, 0.15) is 33.1 Å². The number of carbonyl (C=O) groups is 1. The van der Waals surface area contributed by atoms with Crippen LogP contribution in [0, 0.1) is 10.7 Å². The lowest BCUT2D eigenvalue weighted by Crippen LogP contribution is -2.02. The SMILES string of the molecule is C.FC(F)=C(F)CCBr.FC(F)=C(F)CCSc1nccs1.N#CSCCC(F)=C(F)F.NC(=S)SCCC(F)=C(F)F.O=CCCl.S. The molecule has 0 fully saturated rings. The maximum absolute atomic E-state index is 12.3. The van der Waals surface area contributed by atoms with E-state index in [1.54, 1.807) is 17.0 Å². The fourth-order valence-electron chi connectivity index (χ4n) is 1.40. The third-order valence-corrected chi connectivity index (χ3v) is 7.28. The highest BCUT2D eigenvalue weighted by Gasteiger charge is 2.06. The number of rotatable bonds is 13. The number of carbonyl (C=O) groups excluding carboxylic acids is 1. The first-order valence-corrected chi connectivity index (χ1v) is 17.2. The molecule has 0 saturated heterocycles. The predicted octanol–water partition coefficient (Wildman–Crippen LogP) is 12.8. The van der Waals surface area contributed by atoms with Gasteiger partial charge in [-0.1, -0.05) is 59.1 Å². The summed E-state index contributed by atoms with van der Waals surface area (Å²) in [5.41, 5.74) is 5.02. The quantitative estimate of drug-likeness (QED) is 0.0399. The van der Waals surface area contributed by atoms with Gasteiger partial charge in [-0.05, 0) is 11.8 Å². The van der Waals surface area contributed by atoms with E-state index in [4.69, 9.17) is 27.4 Å². The summed E-state index contributed by atoms with van der Waals surface area (Å²) in [6, 6.07) is 0. The highest BCUT2D eigenvalue weighted by molar-refractivity contribution is 9.09. The van der Waals surface area contributed by atoms with E-state index in [1.807, 2.05) is 0 Å². The fourth-order valence-corrected chi connectivity index (χ4v) is 4.49. The minimum atomic E-state index is -2.29. The first kappa shape index (κ1) is 59.1. The Morgan fingerprint density at radius 1 is 0.875 bits per heavy atom. The van der Waals surface area contributed by atoms with Gasteiger partial charge in [0.15, 0.2) is 23.3 Å². The molecule has 2 N–H and O–H groups in total. The summed E-state index contributed by atoms with van der Waals surface area (Å²) in [4.78, 5) is 13.0. The molecule has 0 aliphatic rings. The van der Waals surface area contributed by atoms with Crippen molar-refractivity contribution < 1.29 is 57.5 Å². The Morgan fingerprint density at radius 2 is 1.27 bits per heavy atom. The average molecular weight is 911 g/mol. The Hall–Kier alpha value is -1.03. The van der Waals surface area contributed by atoms with Gasteiger partial charge in [0.1, 0.15) is 20.3 Å². The zero-order valence-electron chi connectivity index (χ0n) is 23.3. The molecule has 0 aliphatic carbocycles. The summed E-state index contributed by atoms with van der Waals surface area (Å²) in [7, 11) is 0. The van der Waals surface area contributed by atoms with Crippen molar-refractivity contribution in [3.63, 3.8) is 0 Å². The molecular formula is C24H29BrClF12N3OS6. The van der Waals surface area contributed by atoms with Crippen LogP contribution in [0.25, 0.3) is 0 Å². The summed E-state index contributed by atoms with van der Waals surface area (Å²) < 4.78 is 139. The number of nitriles is 1. The van der Waals surface area contributed by atoms with Gasteiger partial charge < -0.3 is 10.5 Å². The number of nitrogens with two attached hydrogens (primary N) is 1. The first-order chi connectivity index (χ1) is 21.5. The maximum atomic E-state index is 12.3. The van der Waals surface area contributed by atoms with Crippen molar-refractivity contribution in [1.29, 1.82) is 5.26 Å². The van der Waals surface area contributed by atoms with Gasteiger partial charge in [0.05, 0.1) is 5.88 Å². The molecule has 24 heteroatoms. The number of nitrogens with zero attached hydrogens (tertiary/aromatic N) is 2. The van der Waals surface area contributed by atoms with Crippen LogP contribution in [-0.2, 0) is 4.79 Å². The van der Waals surface area contributed by atoms with E-state index >= 15 is 0 Å². The highest BCUT2D eigenvalue weighted by Crippen LogP contribution is 2.24. The van der Waals surface area contributed by atoms with Gasteiger partial charge >= 0.3 is 24.3 Å². The predicted molar refractivity (Wildman–Crippen MR) is 188 cm³/mol. The van der Waals surface area contributed by atoms with Crippen LogP contribution >= 0.6 is 99.9 Å².